The lowest BCUT2D eigenvalue weighted by atomic mass is 10.0. The standard InChI is InChI=1S/C13H15ClN4O/c1-8-11(13(14)18(2)17-8)6-12(19)9-3-4-16-10(5-9)7-15/h3-5H,6-7,15H2,1-2H3. The Kier molecular flexibility index (Phi) is 3.97. The van der Waals surface area contributed by atoms with Crippen LogP contribution in [0.5, 0.6) is 0 Å². The summed E-state index contributed by atoms with van der Waals surface area (Å²) in [5, 5.41) is 4.69. The molecule has 100 valence electrons. The number of aromatic nitrogens is 3. The van der Waals surface area contributed by atoms with Crippen molar-refractivity contribution in [2.75, 3.05) is 0 Å². The minimum absolute atomic E-state index is 0.0184. The zero-order chi connectivity index (χ0) is 14.0. The van der Waals surface area contributed by atoms with Crippen molar-refractivity contribution in [3.05, 3.63) is 46.0 Å². The van der Waals surface area contributed by atoms with Crippen LogP contribution in [0.2, 0.25) is 5.15 Å². The van der Waals surface area contributed by atoms with E-state index in [0.717, 1.165) is 11.3 Å². The van der Waals surface area contributed by atoms with Crippen molar-refractivity contribution < 1.29 is 4.79 Å². The molecule has 2 aromatic heterocycles. The van der Waals surface area contributed by atoms with Crippen molar-refractivity contribution in [3.63, 3.8) is 0 Å². The Bertz CT molecular complexity index is 621. The predicted octanol–water partition coefficient (Wildman–Crippen LogP) is 1.66. The minimum atomic E-state index is -0.0184. The van der Waals surface area contributed by atoms with Gasteiger partial charge in [0.2, 0.25) is 0 Å². The number of carbonyl (C=O) groups is 1. The molecular formula is C13H15ClN4O. The maximum Gasteiger partial charge on any atom is 0.167 e. The van der Waals surface area contributed by atoms with E-state index in [2.05, 4.69) is 10.1 Å². The largest absolute Gasteiger partial charge is 0.325 e. The molecule has 0 atom stereocenters. The van der Waals surface area contributed by atoms with Crippen LogP contribution < -0.4 is 5.73 Å². The summed E-state index contributed by atoms with van der Waals surface area (Å²) in [6, 6.07) is 3.39. The Balaban J connectivity index is 2.25. The number of Topliss-reactive ketones (excluding diaryl/α,β-unsaturated/α-hetero) is 1. The van der Waals surface area contributed by atoms with Crippen molar-refractivity contribution in [1.29, 1.82) is 0 Å². The molecule has 6 heteroatoms. The van der Waals surface area contributed by atoms with Gasteiger partial charge < -0.3 is 5.73 Å². The molecule has 5 nitrogen and oxygen atoms in total. The van der Waals surface area contributed by atoms with E-state index in [4.69, 9.17) is 17.3 Å². The Morgan fingerprint density at radius 1 is 1.53 bits per heavy atom. The Hall–Kier alpha value is -1.72. The number of pyridine rings is 1. The van der Waals surface area contributed by atoms with Crippen LogP contribution in [0.25, 0.3) is 0 Å². The number of rotatable bonds is 4. The summed E-state index contributed by atoms with van der Waals surface area (Å²) in [5.41, 5.74) is 8.34. The lowest BCUT2D eigenvalue weighted by Crippen LogP contribution is -2.07. The molecule has 0 unspecified atom stereocenters. The Morgan fingerprint density at radius 2 is 2.26 bits per heavy atom. The average molecular weight is 279 g/mol. The van der Waals surface area contributed by atoms with Crippen molar-refractivity contribution in [2.24, 2.45) is 12.8 Å². The van der Waals surface area contributed by atoms with Gasteiger partial charge >= 0.3 is 0 Å². The number of nitrogens with two attached hydrogens (primary N) is 1. The molecule has 0 aliphatic rings. The predicted molar refractivity (Wildman–Crippen MR) is 73.1 cm³/mol. The van der Waals surface area contributed by atoms with E-state index in [1.807, 2.05) is 6.92 Å². The van der Waals surface area contributed by atoms with Gasteiger partial charge in [0.1, 0.15) is 5.15 Å². The fourth-order valence-corrected chi connectivity index (χ4v) is 2.14. The molecule has 2 heterocycles. The topological polar surface area (TPSA) is 73.8 Å². The summed E-state index contributed by atoms with van der Waals surface area (Å²) >= 11 is 6.12. The number of hydrogen-bond acceptors (Lipinski definition) is 4. The van der Waals surface area contributed by atoms with Crippen LogP contribution in [0.3, 0.4) is 0 Å². The monoisotopic (exact) mass is 278 g/mol. The fraction of sp³-hybridized carbons (Fsp3) is 0.308. The van der Waals surface area contributed by atoms with E-state index in [9.17, 15) is 4.79 Å². The molecule has 19 heavy (non-hydrogen) atoms. The summed E-state index contributed by atoms with van der Waals surface area (Å²) in [5.74, 6) is -0.0184. The molecule has 0 aromatic carbocycles. The molecule has 2 aromatic rings. The van der Waals surface area contributed by atoms with Gasteiger partial charge in [-0.2, -0.15) is 5.10 Å². The van der Waals surface area contributed by atoms with Gasteiger partial charge in [-0.1, -0.05) is 11.6 Å². The smallest absolute Gasteiger partial charge is 0.167 e. The Morgan fingerprint density at radius 3 is 2.84 bits per heavy atom. The summed E-state index contributed by atoms with van der Waals surface area (Å²) in [7, 11) is 1.75. The third-order valence-corrected chi connectivity index (χ3v) is 3.43. The molecule has 0 fully saturated rings. The van der Waals surface area contributed by atoms with Crippen LogP contribution in [-0.4, -0.2) is 20.5 Å². The van der Waals surface area contributed by atoms with Gasteiger partial charge in [0.15, 0.2) is 5.78 Å². The van der Waals surface area contributed by atoms with Gasteiger partial charge in [0.25, 0.3) is 0 Å². The number of nitrogens with zero attached hydrogens (tertiary/aromatic N) is 3. The maximum atomic E-state index is 12.2. The normalized spacial score (nSPS) is 10.7. The third-order valence-electron chi connectivity index (χ3n) is 2.95. The van der Waals surface area contributed by atoms with E-state index < -0.39 is 0 Å². The third kappa shape index (κ3) is 2.83. The van der Waals surface area contributed by atoms with Crippen molar-refractivity contribution >= 4 is 17.4 Å². The number of aryl methyl sites for hydroxylation is 2. The molecule has 0 radical (unpaired) electrons. The zero-order valence-corrected chi connectivity index (χ0v) is 11.6. The lowest BCUT2D eigenvalue weighted by molar-refractivity contribution is 0.0992. The highest BCUT2D eigenvalue weighted by Crippen LogP contribution is 2.20. The molecule has 0 aliphatic heterocycles. The van der Waals surface area contributed by atoms with Gasteiger partial charge in [0, 0.05) is 37.3 Å². The number of hydrogen-bond donors (Lipinski definition) is 1. The van der Waals surface area contributed by atoms with Gasteiger partial charge in [-0.3, -0.25) is 14.5 Å². The SMILES string of the molecule is Cc1nn(C)c(Cl)c1CC(=O)c1ccnc(CN)c1. The molecule has 0 spiro atoms. The van der Waals surface area contributed by atoms with Crippen molar-refractivity contribution in [3.8, 4) is 0 Å². The summed E-state index contributed by atoms with van der Waals surface area (Å²) in [6.07, 6.45) is 1.82. The first-order valence-corrected chi connectivity index (χ1v) is 6.27. The highest BCUT2D eigenvalue weighted by atomic mass is 35.5. The summed E-state index contributed by atoms with van der Waals surface area (Å²) in [6.45, 7) is 2.15. The maximum absolute atomic E-state index is 12.2. The lowest BCUT2D eigenvalue weighted by Gasteiger charge is -2.03. The molecule has 2 rings (SSSR count). The van der Waals surface area contributed by atoms with Crippen LogP contribution in [0, 0.1) is 6.92 Å². The van der Waals surface area contributed by atoms with E-state index >= 15 is 0 Å². The molecular weight excluding hydrogens is 264 g/mol. The molecule has 0 amide bonds. The van der Waals surface area contributed by atoms with Gasteiger partial charge in [-0.15, -0.1) is 0 Å². The van der Waals surface area contributed by atoms with Crippen LogP contribution in [0.15, 0.2) is 18.3 Å². The highest BCUT2D eigenvalue weighted by Gasteiger charge is 2.16. The first-order chi connectivity index (χ1) is 9.02. The van der Waals surface area contributed by atoms with Crippen molar-refractivity contribution in [2.45, 2.75) is 19.9 Å². The zero-order valence-electron chi connectivity index (χ0n) is 10.9. The number of halogens is 1. The summed E-state index contributed by atoms with van der Waals surface area (Å²) in [4.78, 5) is 16.3. The quantitative estimate of drug-likeness (QED) is 0.863. The van der Waals surface area contributed by atoms with Crippen LogP contribution in [0.1, 0.15) is 27.3 Å². The van der Waals surface area contributed by atoms with Crippen LogP contribution in [-0.2, 0) is 20.0 Å². The average Bonchev–Trinajstić information content (AvgIpc) is 2.65. The Labute approximate surface area is 116 Å². The van der Waals surface area contributed by atoms with E-state index in [-0.39, 0.29) is 12.2 Å². The van der Waals surface area contributed by atoms with Crippen LogP contribution in [0.4, 0.5) is 0 Å². The molecule has 0 saturated heterocycles. The fourth-order valence-electron chi connectivity index (χ4n) is 1.90. The van der Waals surface area contributed by atoms with Gasteiger partial charge in [-0.05, 0) is 19.1 Å². The molecule has 0 saturated carbocycles. The number of ketones is 1. The van der Waals surface area contributed by atoms with Crippen LogP contribution >= 0.6 is 11.6 Å². The second-order valence-corrected chi connectivity index (χ2v) is 4.68. The van der Waals surface area contributed by atoms with E-state index in [1.54, 1.807) is 30.1 Å². The van der Waals surface area contributed by atoms with E-state index in [0.29, 0.717) is 23.0 Å². The minimum Gasteiger partial charge on any atom is -0.325 e. The first kappa shape index (κ1) is 13.7. The molecule has 0 bridgehead atoms. The number of carbonyl (C=O) groups excluding carboxylic acids is 1. The summed E-state index contributed by atoms with van der Waals surface area (Å²) < 4.78 is 1.57. The second-order valence-electron chi connectivity index (χ2n) is 4.32. The van der Waals surface area contributed by atoms with Gasteiger partial charge in [-0.25, -0.2) is 0 Å². The van der Waals surface area contributed by atoms with Gasteiger partial charge in [0.05, 0.1) is 11.4 Å². The molecule has 2 N–H and O–H groups in total. The second kappa shape index (κ2) is 5.50. The molecule has 0 aliphatic carbocycles. The van der Waals surface area contributed by atoms with E-state index in [1.165, 1.54) is 0 Å². The van der Waals surface area contributed by atoms with Crippen molar-refractivity contribution in [1.82, 2.24) is 14.8 Å². The first-order valence-electron chi connectivity index (χ1n) is 5.89. The highest BCUT2D eigenvalue weighted by molar-refractivity contribution is 6.30.